The SMILES string of the molecule is Cc1ccc(F)cc1NC(=O)C(C)N(C)CC1CCCN(C)C1. The van der Waals surface area contributed by atoms with E-state index in [2.05, 4.69) is 22.2 Å². The van der Waals surface area contributed by atoms with Crippen LogP contribution in [0, 0.1) is 18.7 Å². The topological polar surface area (TPSA) is 35.6 Å². The van der Waals surface area contributed by atoms with Crippen molar-refractivity contribution in [2.24, 2.45) is 5.92 Å². The van der Waals surface area contributed by atoms with Crippen LogP contribution in [0.25, 0.3) is 0 Å². The molecule has 2 atom stereocenters. The van der Waals surface area contributed by atoms with Crippen molar-refractivity contribution in [2.45, 2.75) is 32.7 Å². The Kier molecular flexibility index (Phi) is 6.13. The van der Waals surface area contributed by atoms with Gasteiger partial charge in [0, 0.05) is 18.8 Å². The molecule has 5 heteroatoms. The second-order valence-electron chi connectivity index (χ2n) is 6.83. The molecular weight excluding hydrogens is 293 g/mol. The van der Waals surface area contributed by atoms with Crippen molar-refractivity contribution in [1.29, 1.82) is 0 Å². The second kappa shape index (κ2) is 7.88. The first-order valence-corrected chi connectivity index (χ1v) is 8.32. The van der Waals surface area contributed by atoms with Crippen LogP contribution in [0.5, 0.6) is 0 Å². The number of anilines is 1. The summed E-state index contributed by atoms with van der Waals surface area (Å²) in [4.78, 5) is 16.9. The van der Waals surface area contributed by atoms with Gasteiger partial charge < -0.3 is 10.2 Å². The Hall–Kier alpha value is -1.46. The third kappa shape index (κ3) is 5.01. The van der Waals surface area contributed by atoms with E-state index in [-0.39, 0.29) is 17.8 Å². The molecule has 1 N–H and O–H groups in total. The maximum absolute atomic E-state index is 13.3. The Morgan fingerprint density at radius 3 is 2.96 bits per heavy atom. The van der Waals surface area contributed by atoms with Gasteiger partial charge in [0.25, 0.3) is 0 Å². The smallest absolute Gasteiger partial charge is 0.241 e. The van der Waals surface area contributed by atoms with E-state index >= 15 is 0 Å². The fourth-order valence-electron chi connectivity index (χ4n) is 3.15. The number of piperidine rings is 1. The summed E-state index contributed by atoms with van der Waals surface area (Å²) in [6.07, 6.45) is 2.43. The molecule has 128 valence electrons. The summed E-state index contributed by atoms with van der Waals surface area (Å²) >= 11 is 0. The molecule has 0 aromatic heterocycles. The van der Waals surface area contributed by atoms with E-state index in [1.807, 2.05) is 20.9 Å². The number of hydrogen-bond acceptors (Lipinski definition) is 3. The van der Waals surface area contributed by atoms with Crippen LogP contribution in [0.15, 0.2) is 18.2 Å². The fourth-order valence-corrected chi connectivity index (χ4v) is 3.15. The Morgan fingerprint density at radius 1 is 1.52 bits per heavy atom. The molecule has 4 nitrogen and oxygen atoms in total. The predicted molar refractivity (Wildman–Crippen MR) is 92.1 cm³/mol. The van der Waals surface area contributed by atoms with Crippen molar-refractivity contribution < 1.29 is 9.18 Å². The van der Waals surface area contributed by atoms with Crippen LogP contribution in [0.4, 0.5) is 10.1 Å². The van der Waals surface area contributed by atoms with Gasteiger partial charge in [0.2, 0.25) is 5.91 Å². The summed E-state index contributed by atoms with van der Waals surface area (Å²) < 4.78 is 13.3. The minimum Gasteiger partial charge on any atom is -0.324 e. The summed E-state index contributed by atoms with van der Waals surface area (Å²) in [5, 5.41) is 2.85. The predicted octanol–water partition coefficient (Wildman–Crippen LogP) is 2.73. The highest BCUT2D eigenvalue weighted by atomic mass is 19.1. The Morgan fingerprint density at radius 2 is 2.26 bits per heavy atom. The number of aryl methyl sites for hydroxylation is 1. The third-order valence-electron chi connectivity index (χ3n) is 4.77. The van der Waals surface area contributed by atoms with Crippen molar-refractivity contribution in [3.8, 4) is 0 Å². The zero-order valence-electron chi connectivity index (χ0n) is 14.6. The number of halogens is 1. The maximum atomic E-state index is 13.3. The quantitative estimate of drug-likeness (QED) is 0.906. The molecule has 0 spiro atoms. The number of likely N-dealkylation sites (tertiary alicyclic amines) is 1. The molecule has 1 aliphatic heterocycles. The monoisotopic (exact) mass is 321 g/mol. The summed E-state index contributed by atoms with van der Waals surface area (Å²) in [5.41, 5.74) is 1.41. The van der Waals surface area contributed by atoms with E-state index in [1.54, 1.807) is 6.07 Å². The number of nitrogens with one attached hydrogen (secondary N) is 1. The molecular formula is C18H28FN3O. The van der Waals surface area contributed by atoms with Gasteiger partial charge in [0.15, 0.2) is 0 Å². The standard InChI is InChI=1S/C18H28FN3O/c1-13-7-8-16(19)10-17(13)20-18(23)14(2)22(4)12-15-6-5-9-21(3)11-15/h7-8,10,14-15H,5-6,9,11-12H2,1-4H3,(H,20,23). The maximum Gasteiger partial charge on any atom is 0.241 e. The molecule has 0 bridgehead atoms. The van der Waals surface area contributed by atoms with Crippen molar-refractivity contribution in [3.63, 3.8) is 0 Å². The number of amides is 1. The van der Waals surface area contributed by atoms with Crippen LogP contribution < -0.4 is 5.32 Å². The van der Waals surface area contributed by atoms with Crippen LogP contribution in [0.3, 0.4) is 0 Å². The van der Waals surface area contributed by atoms with Gasteiger partial charge in [-0.05, 0) is 70.9 Å². The molecule has 23 heavy (non-hydrogen) atoms. The van der Waals surface area contributed by atoms with Gasteiger partial charge in [-0.15, -0.1) is 0 Å². The first kappa shape index (κ1) is 17.9. The first-order chi connectivity index (χ1) is 10.9. The lowest BCUT2D eigenvalue weighted by molar-refractivity contribution is -0.120. The van der Waals surface area contributed by atoms with Gasteiger partial charge in [-0.1, -0.05) is 6.07 Å². The van der Waals surface area contributed by atoms with E-state index in [0.717, 1.165) is 25.2 Å². The largest absolute Gasteiger partial charge is 0.324 e. The third-order valence-corrected chi connectivity index (χ3v) is 4.77. The highest BCUT2D eigenvalue weighted by Gasteiger charge is 2.24. The summed E-state index contributed by atoms with van der Waals surface area (Å²) in [6, 6.07) is 4.21. The number of rotatable bonds is 5. The van der Waals surface area contributed by atoms with Crippen molar-refractivity contribution >= 4 is 11.6 Å². The molecule has 0 saturated carbocycles. The minimum absolute atomic E-state index is 0.0923. The lowest BCUT2D eigenvalue weighted by Crippen LogP contribution is -2.45. The minimum atomic E-state index is -0.336. The fraction of sp³-hybridized carbons (Fsp3) is 0.611. The molecule has 0 radical (unpaired) electrons. The average molecular weight is 321 g/mol. The van der Waals surface area contributed by atoms with Gasteiger partial charge in [0.1, 0.15) is 5.82 Å². The molecule has 1 aromatic carbocycles. The van der Waals surface area contributed by atoms with E-state index in [1.165, 1.54) is 25.0 Å². The van der Waals surface area contributed by atoms with E-state index in [4.69, 9.17) is 0 Å². The molecule has 1 amide bonds. The molecule has 2 unspecified atom stereocenters. The highest BCUT2D eigenvalue weighted by Crippen LogP contribution is 2.19. The van der Waals surface area contributed by atoms with Gasteiger partial charge >= 0.3 is 0 Å². The number of benzene rings is 1. The molecule has 1 heterocycles. The van der Waals surface area contributed by atoms with Crippen LogP contribution in [0.2, 0.25) is 0 Å². The van der Waals surface area contributed by atoms with Gasteiger partial charge in [0.05, 0.1) is 6.04 Å². The van der Waals surface area contributed by atoms with E-state index in [0.29, 0.717) is 11.6 Å². The Bertz CT molecular complexity index is 549. The van der Waals surface area contributed by atoms with Crippen LogP contribution >= 0.6 is 0 Å². The number of likely N-dealkylation sites (N-methyl/N-ethyl adjacent to an activating group) is 1. The molecule has 1 fully saturated rings. The number of nitrogens with zero attached hydrogens (tertiary/aromatic N) is 2. The van der Waals surface area contributed by atoms with Gasteiger partial charge in [-0.25, -0.2) is 4.39 Å². The second-order valence-corrected chi connectivity index (χ2v) is 6.83. The lowest BCUT2D eigenvalue weighted by Gasteiger charge is -2.34. The first-order valence-electron chi connectivity index (χ1n) is 8.32. The molecule has 1 aromatic rings. The summed E-state index contributed by atoms with van der Waals surface area (Å²) in [6.45, 7) is 6.91. The summed E-state index contributed by atoms with van der Waals surface area (Å²) in [5.74, 6) is 0.174. The number of carbonyl (C=O) groups excluding carboxylic acids is 1. The zero-order chi connectivity index (χ0) is 17.0. The highest BCUT2D eigenvalue weighted by molar-refractivity contribution is 5.95. The number of hydrogen-bond donors (Lipinski definition) is 1. The van der Waals surface area contributed by atoms with Crippen LogP contribution in [0.1, 0.15) is 25.3 Å². The Balaban J connectivity index is 1.91. The van der Waals surface area contributed by atoms with Gasteiger partial charge in [-0.3, -0.25) is 9.69 Å². The normalized spacial score (nSPS) is 20.5. The van der Waals surface area contributed by atoms with E-state index in [9.17, 15) is 9.18 Å². The lowest BCUT2D eigenvalue weighted by atomic mass is 9.97. The van der Waals surface area contributed by atoms with Crippen LogP contribution in [-0.2, 0) is 4.79 Å². The van der Waals surface area contributed by atoms with Crippen molar-refractivity contribution in [3.05, 3.63) is 29.6 Å². The molecule has 0 aliphatic carbocycles. The number of carbonyl (C=O) groups is 1. The average Bonchev–Trinajstić information content (AvgIpc) is 2.50. The molecule has 2 rings (SSSR count). The van der Waals surface area contributed by atoms with Crippen molar-refractivity contribution in [2.75, 3.05) is 39.0 Å². The van der Waals surface area contributed by atoms with Crippen LogP contribution in [-0.4, -0.2) is 55.5 Å². The zero-order valence-corrected chi connectivity index (χ0v) is 14.6. The van der Waals surface area contributed by atoms with E-state index < -0.39 is 0 Å². The van der Waals surface area contributed by atoms with Crippen molar-refractivity contribution in [1.82, 2.24) is 9.80 Å². The molecule has 1 saturated heterocycles. The summed E-state index contributed by atoms with van der Waals surface area (Å²) in [7, 11) is 4.13. The molecule has 1 aliphatic rings. The Labute approximate surface area is 138 Å². The van der Waals surface area contributed by atoms with Gasteiger partial charge in [-0.2, -0.15) is 0 Å².